The zero-order valence-electron chi connectivity index (χ0n) is 9.57. The quantitative estimate of drug-likeness (QED) is 0.609. The number of halogens is 3. The average molecular weight is 256 g/mol. The molecule has 0 aromatic heterocycles. The molecule has 0 atom stereocenters. The molecule has 0 saturated carbocycles. The molecule has 0 unspecified atom stereocenters. The van der Waals surface area contributed by atoms with Gasteiger partial charge in [-0.25, -0.2) is 0 Å². The molecule has 1 rings (SSSR count). The van der Waals surface area contributed by atoms with Crippen molar-refractivity contribution in [2.45, 2.75) is 6.18 Å². The van der Waals surface area contributed by atoms with E-state index in [2.05, 4.69) is 0 Å². The van der Waals surface area contributed by atoms with Gasteiger partial charge < -0.3 is 4.74 Å². The second-order valence-corrected chi connectivity index (χ2v) is 3.32. The Hall–Kier alpha value is -2.04. The monoisotopic (exact) mass is 256 g/mol. The van der Waals surface area contributed by atoms with Crippen LogP contribution in [0.2, 0.25) is 0 Å². The predicted octanol–water partition coefficient (Wildman–Crippen LogP) is 3.40. The second kappa shape index (κ2) is 6.05. The molecule has 96 valence electrons. The number of hydrogen-bond acceptors (Lipinski definition) is 2. The normalized spacial score (nSPS) is 12.2. The molecular weight excluding hydrogens is 245 g/mol. The van der Waals surface area contributed by atoms with Gasteiger partial charge >= 0.3 is 6.18 Å². The Labute approximate surface area is 102 Å². The molecular formula is C13H11F3O2. The Balaban J connectivity index is 2.71. The molecule has 0 heterocycles. The van der Waals surface area contributed by atoms with Crippen LogP contribution in [-0.2, 0) is 4.79 Å². The van der Waals surface area contributed by atoms with Crippen LogP contribution in [-0.4, -0.2) is 19.1 Å². The summed E-state index contributed by atoms with van der Waals surface area (Å²) in [5.74, 6) is -1.28. The van der Waals surface area contributed by atoms with E-state index in [1.165, 1.54) is 13.2 Å². The predicted molar refractivity (Wildman–Crippen MR) is 62.2 cm³/mol. The van der Waals surface area contributed by atoms with Crippen molar-refractivity contribution in [3.63, 3.8) is 0 Å². The zero-order chi connectivity index (χ0) is 13.6. The minimum atomic E-state index is -4.82. The summed E-state index contributed by atoms with van der Waals surface area (Å²) >= 11 is 0. The van der Waals surface area contributed by atoms with E-state index in [0.717, 1.165) is 6.08 Å². The Kier molecular flexibility index (Phi) is 4.71. The van der Waals surface area contributed by atoms with Gasteiger partial charge in [0.25, 0.3) is 5.78 Å². The van der Waals surface area contributed by atoms with Gasteiger partial charge in [0.15, 0.2) is 0 Å². The van der Waals surface area contributed by atoms with Gasteiger partial charge in [0, 0.05) is 5.56 Å². The molecule has 5 heteroatoms. The van der Waals surface area contributed by atoms with E-state index in [-0.39, 0.29) is 0 Å². The molecule has 0 N–H and O–H groups in total. The first-order chi connectivity index (χ1) is 8.45. The first-order valence-corrected chi connectivity index (χ1v) is 5.04. The van der Waals surface area contributed by atoms with E-state index in [1.54, 1.807) is 30.3 Å². The Morgan fingerprint density at radius 2 is 1.89 bits per heavy atom. The number of ketones is 1. The fourth-order valence-corrected chi connectivity index (χ4v) is 1.20. The minimum Gasteiger partial charge on any atom is -0.496 e. The van der Waals surface area contributed by atoms with Crippen LogP contribution in [0.15, 0.2) is 42.5 Å². The number of carbonyl (C=O) groups excluding carboxylic acids is 1. The number of rotatable bonds is 4. The summed E-state index contributed by atoms with van der Waals surface area (Å²) in [4.78, 5) is 10.5. The van der Waals surface area contributed by atoms with E-state index in [0.29, 0.717) is 17.4 Å². The fourth-order valence-electron chi connectivity index (χ4n) is 1.20. The Morgan fingerprint density at radius 3 is 2.50 bits per heavy atom. The standard InChI is InChI=1S/C13H11F3O2/c1-18-11-8-4-2-6-10(11)7-3-5-9-12(17)13(14,15)16/h2-9H,1H3/b7-3+,9-5+. The number of ether oxygens (including phenoxy) is 1. The molecule has 0 spiro atoms. The van der Waals surface area contributed by atoms with Gasteiger partial charge in [-0.15, -0.1) is 0 Å². The number of benzene rings is 1. The van der Waals surface area contributed by atoms with Gasteiger partial charge in [0.1, 0.15) is 5.75 Å². The largest absolute Gasteiger partial charge is 0.496 e. The van der Waals surface area contributed by atoms with Crippen molar-refractivity contribution < 1.29 is 22.7 Å². The van der Waals surface area contributed by atoms with Gasteiger partial charge in [-0.2, -0.15) is 13.2 Å². The van der Waals surface area contributed by atoms with E-state index in [1.807, 2.05) is 0 Å². The maximum absolute atomic E-state index is 11.9. The van der Waals surface area contributed by atoms with Crippen LogP contribution in [0.4, 0.5) is 13.2 Å². The summed E-state index contributed by atoms with van der Waals surface area (Å²) in [7, 11) is 1.50. The van der Waals surface area contributed by atoms with Crippen LogP contribution in [0, 0.1) is 0 Å². The van der Waals surface area contributed by atoms with Crippen LogP contribution in [0.25, 0.3) is 6.08 Å². The van der Waals surface area contributed by atoms with Crippen molar-refractivity contribution in [2.24, 2.45) is 0 Å². The first-order valence-electron chi connectivity index (χ1n) is 5.04. The topological polar surface area (TPSA) is 26.3 Å². The average Bonchev–Trinajstić information content (AvgIpc) is 2.33. The molecule has 0 radical (unpaired) electrons. The summed E-state index contributed by atoms with van der Waals surface area (Å²) < 4.78 is 40.7. The molecule has 0 amide bonds. The number of allylic oxidation sites excluding steroid dienone is 3. The highest BCUT2D eigenvalue weighted by atomic mass is 19.4. The summed E-state index contributed by atoms with van der Waals surface area (Å²) in [6, 6.07) is 7.02. The van der Waals surface area contributed by atoms with Crippen molar-refractivity contribution in [3.8, 4) is 5.75 Å². The lowest BCUT2D eigenvalue weighted by Crippen LogP contribution is -2.19. The van der Waals surface area contributed by atoms with Crippen molar-refractivity contribution >= 4 is 11.9 Å². The van der Waals surface area contributed by atoms with Gasteiger partial charge in [0.05, 0.1) is 7.11 Å². The SMILES string of the molecule is COc1ccccc1/C=C/C=C/C(=O)C(F)(F)F. The molecule has 1 aromatic rings. The van der Waals surface area contributed by atoms with Crippen LogP contribution >= 0.6 is 0 Å². The fraction of sp³-hybridized carbons (Fsp3) is 0.154. The molecule has 0 fully saturated rings. The molecule has 2 nitrogen and oxygen atoms in total. The summed E-state index contributed by atoms with van der Waals surface area (Å²) in [6.07, 6.45) is -0.399. The summed E-state index contributed by atoms with van der Waals surface area (Å²) in [6.45, 7) is 0. The van der Waals surface area contributed by atoms with E-state index < -0.39 is 12.0 Å². The molecule has 1 aromatic carbocycles. The Morgan fingerprint density at radius 1 is 1.22 bits per heavy atom. The third-order valence-corrected chi connectivity index (χ3v) is 2.05. The number of methoxy groups -OCH3 is 1. The van der Waals surface area contributed by atoms with Crippen LogP contribution in [0.3, 0.4) is 0 Å². The number of para-hydroxylation sites is 1. The minimum absolute atomic E-state index is 0.478. The van der Waals surface area contributed by atoms with E-state index in [9.17, 15) is 18.0 Å². The molecule has 0 saturated heterocycles. The molecule has 0 aliphatic carbocycles. The van der Waals surface area contributed by atoms with Crippen molar-refractivity contribution in [2.75, 3.05) is 7.11 Å². The molecule has 0 bridgehead atoms. The van der Waals surface area contributed by atoms with Crippen molar-refractivity contribution in [1.82, 2.24) is 0 Å². The first kappa shape index (κ1) is 14.0. The number of hydrogen-bond donors (Lipinski definition) is 0. The van der Waals surface area contributed by atoms with Crippen molar-refractivity contribution in [1.29, 1.82) is 0 Å². The molecule has 18 heavy (non-hydrogen) atoms. The highest BCUT2D eigenvalue weighted by Gasteiger charge is 2.35. The Bertz CT molecular complexity index is 473. The van der Waals surface area contributed by atoms with Crippen molar-refractivity contribution in [3.05, 3.63) is 48.1 Å². The maximum Gasteiger partial charge on any atom is 0.454 e. The van der Waals surface area contributed by atoms with E-state index in [4.69, 9.17) is 4.74 Å². The van der Waals surface area contributed by atoms with Gasteiger partial charge in [0.2, 0.25) is 0 Å². The van der Waals surface area contributed by atoms with Crippen LogP contribution < -0.4 is 4.74 Å². The van der Waals surface area contributed by atoms with Gasteiger partial charge in [-0.1, -0.05) is 36.4 Å². The third-order valence-electron chi connectivity index (χ3n) is 2.05. The summed E-state index contributed by atoms with van der Waals surface area (Å²) in [5, 5.41) is 0. The lowest BCUT2D eigenvalue weighted by molar-refractivity contribution is -0.165. The summed E-state index contributed by atoms with van der Waals surface area (Å²) in [5.41, 5.74) is 0.712. The van der Waals surface area contributed by atoms with Crippen LogP contribution in [0.1, 0.15) is 5.56 Å². The number of alkyl halides is 3. The smallest absolute Gasteiger partial charge is 0.454 e. The highest BCUT2D eigenvalue weighted by Crippen LogP contribution is 2.19. The van der Waals surface area contributed by atoms with Gasteiger partial charge in [-0.05, 0) is 12.1 Å². The zero-order valence-corrected chi connectivity index (χ0v) is 9.57. The maximum atomic E-state index is 11.9. The second-order valence-electron chi connectivity index (χ2n) is 3.32. The number of carbonyl (C=O) groups is 1. The molecule has 0 aliphatic heterocycles. The van der Waals surface area contributed by atoms with Gasteiger partial charge in [-0.3, -0.25) is 4.79 Å². The lowest BCUT2D eigenvalue weighted by atomic mass is 10.2. The molecule has 0 aliphatic rings. The van der Waals surface area contributed by atoms with E-state index >= 15 is 0 Å². The third kappa shape index (κ3) is 4.08. The lowest BCUT2D eigenvalue weighted by Gasteiger charge is -2.02. The van der Waals surface area contributed by atoms with Crippen LogP contribution in [0.5, 0.6) is 5.75 Å². The highest BCUT2D eigenvalue weighted by molar-refractivity contribution is 5.94.